The number of anilines is 1. The zero-order chi connectivity index (χ0) is 16.9. The summed E-state index contributed by atoms with van der Waals surface area (Å²) in [5.74, 6) is -1.64. The molecule has 1 amide bonds. The maximum Gasteiger partial charge on any atom is 0.250 e. The summed E-state index contributed by atoms with van der Waals surface area (Å²) in [5.41, 5.74) is 5.33. The number of carbonyl (C=O) groups is 1. The highest BCUT2D eigenvalue weighted by Crippen LogP contribution is 2.43. The minimum atomic E-state index is -3.88. The summed E-state index contributed by atoms with van der Waals surface area (Å²) >= 11 is 0. The van der Waals surface area contributed by atoms with Crippen LogP contribution in [0.15, 0.2) is 17.0 Å². The predicted octanol–water partition coefficient (Wildman–Crippen LogP) is 1.31. The van der Waals surface area contributed by atoms with Gasteiger partial charge in [-0.05, 0) is 37.8 Å². The Morgan fingerprint density at radius 1 is 1.17 bits per heavy atom. The lowest BCUT2D eigenvalue weighted by atomic mass is 10.1. The number of halogens is 1. The third-order valence-corrected chi connectivity index (χ3v) is 6.14. The zero-order valence-corrected chi connectivity index (χ0v) is 13.9. The summed E-state index contributed by atoms with van der Waals surface area (Å²) in [6.45, 7) is 0. The van der Waals surface area contributed by atoms with Gasteiger partial charge in [0.1, 0.15) is 10.7 Å². The summed E-state index contributed by atoms with van der Waals surface area (Å²) < 4.78 is 41.7. The number of sulfonamides is 1. The van der Waals surface area contributed by atoms with Gasteiger partial charge < -0.3 is 10.6 Å². The number of benzene rings is 1. The third-order valence-electron chi connectivity index (χ3n) is 4.12. The van der Waals surface area contributed by atoms with Crippen molar-refractivity contribution in [1.82, 2.24) is 4.31 Å². The SMILES string of the molecule is CN(C)c1c(C(N)=O)cc(F)cc1S(=O)(=O)N(C1CC1)C1CC1. The first-order chi connectivity index (χ1) is 10.7. The van der Waals surface area contributed by atoms with Crippen LogP contribution in [-0.2, 0) is 10.0 Å². The molecular weight excluding hydrogens is 321 g/mol. The van der Waals surface area contributed by atoms with Crippen LogP contribution >= 0.6 is 0 Å². The highest BCUT2D eigenvalue weighted by atomic mass is 32.2. The van der Waals surface area contributed by atoms with Crippen LogP contribution in [0.2, 0.25) is 0 Å². The molecule has 1 aromatic rings. The van der Waals surface area contributed by atoms with Crippen molar-refractivity contribution >= 4 is 21.6 Å². The van der Waals surface area contributed by atoms with Crippen molar-refractivity contribution in [2.45, 2.75) is 42.7 Å². The number of amides is 1. The Hall–Kier alpha value is -1.67. The molecular formula is C15H20FN3O3S. The van der Waals surface area contributed by atoms with E-state index in [0.29, 0.717) is 0 Å². The molecule has 0 spiro atoms. The fourth-order valence-corrected chi connectivity index (χ4v) is 5.11. The average molecular weight is 341 g/mol. The molecule has 126 valence electrons. The molecule has 2 aliphatic carbocycles. The smallest absolute Gasteiger partial charge is 0.250 e. The highest BCUT2D eigenvalue weighted by Gasteiger charge is 2.47. The first-order valence-corrected chi connectivity index (χ1v) is 9.01. The lowest BCUT2D eigenvalue weighted by Crippen LogP contribution is -2.36. The van der Waals surface area contributed by atoms with Gasteiger partial charge in [-0.25, -0.2) is 12.8 Å². The van der Waals surface area contributed by atoms with E-state index in [1.165, 1.54) is 9.21 Å². The molecule has 2 saturated carbocycles. The Morgan fingerprint density at radius 2 is 1.70 bits per heavy atom. The minimum Gasteiger partial charge on any atom is -0.376 e. The fourth-order valence-electron chi connectivity index (χ4n) is 2.88. The second-order valence-electron chi connectivity index (χ2n) is 6.36. The predicted molar refractivity (Wildman–Crippen MR) is 84.3 cm³/mol. The van der Waals surface area contributed by atoms with Crippen molar-refractivity contribution in [3.05, 3.63) is 23.5 Å². The number of primary amides is 1. The van der Waals surface area contributed by atoms with Gasteiger partial charge in [-0.3, -0.25) is 4.79 Å². The lowest BCUT2D eigenvalue weighted by Gasteiger charge is -2.26. The Morgan fingerprint density at radius 3 is 2.09 bits per heavy atom. The second-order valence-corrected chi connectivity index (χ2v) is 8.17. The van der Waals surface area contributed by atoms with E-state index in [1.54, 1.807) is 14.1 Å². The van der Waals surface area contributed by atoms with E-state index in [-0.39, 0.29) is 28.2 Å². The van der Waals surface area contributed by atoms with Gasteiger partial charge in [-0.1, -0.05) is 0 Å². The largest absolute Gasteiger partial charge is 0.376 e. The average Bonchev–Trinajstić information content (AvgIpc) is 3.31. The Kier molecular flexibility index (Phi) is 3.84. The quantitative estimate of drug-likeness (QED) is 0.845. The minimum absolute atomic E-state index is 0.0113. The molecule has 23 heavy (non-hydrogen) atoms. The molecule has 2 fully saturated rings. The number of nitrogens with two attached hydrogens (primary N) is 1. The van der Waals surface area contributed by atoms with Crippen molar-refractivity contribution < 1.29 is 17.6 Å². The molecule has 2 N–H and O–H groups in total. The zero-order valence-electron chi connectivity index (χ0n) is 13.1. The van der Waals surface area contributed by atoms with Gasteiger partial charge in [0, 0.05) is 26.2 Å². The van der Waals surface area contributed by atoms with E-state index in [0.717, 1.165) is 37.8 Å². The summed E-state index contributed by atoms with van der Waals surface area (Å²) in [5, 5.41) is 0. The summed E-state index contributed by atoms with van der Waals surface area (Å²) in [6, 6.07) is 1.94. The van der Waals surface area contributed by atoms with Gasteiger partial charge in [0.25, 0.3) is 5.91 Å². The molecule has 0 saturated heterocycles. The van der Waals surface area contributed by atoms with Crippen molar-refractivity contribution in [3.8, 4) is 0 Å². The first kappa shape index (κ1) is 16.2. The molecule has 0 unspecified atom stereocenters. The van der Waals surface area contributed by atoms with Crippen LogP contribution < -0.4 is 10.6 Å². The van der Waals surface area contributed by atoms with Crippen LogP contribution in [-0.4, -0.2) is 44.8 Å². The lowest BCUT2D eigenvalue weighted by molar-refractivity contribution is 0.1000. The Balaban J connectivity index is 2.19. The van der Waals surface area contributed by atoms with Crippen LogP contribution in [0.1, 0.15) is 36.0 Å². The monoisotopic (exact) mass is 341 g/mol. The molecule has 0 radical (unpaired) electrons. The molecule has 8 heteroatoms. The van der Waals surface area contributed by atoms with E-state index in [9.17, 15) is 17.6 Å². The van der Waals surface area contributed by atoms with Gasteiger partial charge in [0.05, 0.1) is 11.3 Å². The molecule has 0 bridgehead atoms. The van der Waals surface area contributed by atoms with E-state index >= 15 is 0 Å². The maximum atomic E-state index is 13.9. The molecule has 0 aliphatic heterocycles. The fraction of sp³-hybridized carbons (Fsp3) is 0.533. The Labute approximate surface area is 135 Å². The second kappa shape index (κ2) is 5.45. The van der Waals surface area contributed by atoms with Crippen LogP contribution in [0, 0.1) is 5.82 Å². The molecule has 0 atom stereocenters. The van der Waals surface area contributed by atoms with Gasteiger partial charge >= 0.3 is 0 Å². The van der Waals surface area contributed by atoms with Gasteiger partial charge in [0.2, 0.25) is 10.0 Å². The van der Waals surface area contributed by atoms with Crippen LogP contribution in [0.3, 0.4) is 0 Å². The maximum absolute atomic E-state index is 13.9. The van der Waals surface area contributed by atoms with Crippen molar-refractivity contribution in [2.75, 3.05) is 19.0 Å². The highest BCUT2D eigenvalue weighted by molar-refractivity contribution is 7.89. The summed E-state index contributed by atoms with van der Waals surface area (Å²) in [7, 11) is -0.668. The molecule has 6 nitrogen and oxygen atoms in total. The third kappa shape index (κ3) is 2.92. The number of hydrogen-bond donors (Lipinski definition) is 1. The summed E-state index contributed by atoms with van der Waals surface area (Å²) in [4.78, 5) is 12.9. The molecule has 0 heterocycles. The molecule has 0 aromatic heterocycles. The van der Waals surface area contributed by atoms with E-state index in [1.807, 2.05) is 0 Å². The van der Waals surface area contributed by atoms with E-state index in [4.69, 9.17) is 5.73 Å². The van der Waals surface area contributed by atoms with Crippen molar-refractivity contribution in [1.29, 1.82) is 0 Å². The number of rotatable bonds is 6. The summed E-state index contributed by atoms with van der Waals surface area (Å²) in [6.07, 6.45) is 3.30. The molecule has 1 aromatic carbocycles. The van der Waals surface area contributed by atoms with Crippen LogP contribution in [0.5, 0.6) is 0 Å². The van der Waals surface area contributed by atoms with Crippen molar-refractivity contribution in [3.63, 3.8) is 0 Å². The Bertz CT molecular complexity index is 743. The van der Waals surface area contributed by atoms with Crippen LogP contribution in [0.4, 0.5) is 10.1 Å². The number of carbonyl (C=O) groups excluding carboxylic acids is 1. The number of hydrogen-bond acceptors (Lipinski definition) is 4. The first-order valence-electron chi connectivity index (χ1n) is 7.57. The van der Waals surface area contributed by atoms with E-state index in [2.05, 4.69) is 0 Å². The van der Waals surface area contributed by atoms with Gasteiger partial charge in [-0.2, -0.15) is 4.31 Å². The topological polar surface area (TPSA) is 83.7 Å². The van der Waals surface area contributed by atoms with Crippen molar-refractivity contribution in [2.24, 2.45) is 5.73 Å². The number of nitrogens with zero attached hydrogens (tertiary/aromatic N) is 2. The molecule has 2 aliphatic rings. The van der Waals surface area contributed by atoms with Gasteiger partial charge in [0.15, 0.2) is 0 Å². The van der Waals surface area contributed by atoms with E-state index < -0.39 is 21.7 Å². The van der Waals surface area contributed by atoms with Gasteiger partial charge in [-0.15, -0.1) is 0 Å². The van der Waals surface area contributed by atoms with Crippen LogP contribution in [0.25, 0.3) is 0 Å². The standard InChI is InChI=1S/C15H20FN3O3S/c1-18(2)14-12(15(17)20)7-9(16)8-13(14)23(21,22)19(10-3-4-10)11-5-6-11/h7-8,10-11H,3-6H2,1-2H3,(H2,17,20). The normalized spacial score (nSPS) is 18.3. The molecule has 3 rings (SSSR count).